The molecule has 19 heavy (non-hydrogen) atoms. The summed E-state index contributed by atoms with van der Waals surface area (Å²) in [5.41, 5.74) is 1.96. The Hall–Kier alpha value is -0.0500. The second-order valence-electron chi connectivity index (χ2n) is 3.87. The summed E-state index contributed by atoms with van der Waals surface area (Å²) in [6.07, 6.45) is 0. The van der Waals surface area contributed by atoms with Gasteiger partial charge >= 0.3 is 0 Å². The van der Waals surface area contributed by atoms with Gasteiger partial charge in [0, 0.05) is 10.0 Å². The lowest BCUT2D eigenvalue weighted by Gasteiger charge is -2.14. The van der Waals surface area contributed by atoms with Crippen molar-refractivity contribution in [2.24, 2.45) is 0 Å². The quantitative estimate of drug-likeness (QED) is 0.539. The number of hydrogen-bond acceptors (Lipinski definition) is 1. The van der Waals surface area contributed by atoms with Crippen LogP contribution in [0.2, 0.25) is 10.0 Å². The van der Waals surface area contributed by atoms with Gasteiger partial charge in [0.25, 0.3) is 0 Å². The average molecular weight is 352 g/mol. The number of hydrogen-bond donors (Lipinski definition) is 0. The van der Waals surface area contributed by atoms with Crippen LogP contribution < -0.4 is 0 Å². The first-order valence-corrected chi connectivity index (χ1v) is 8.08. The molecule has 0 aliphatic rings. The largest absolute Gasteiger partial charge is 0.113 e. The molecule has 5 heteroatoms. The fourth-order valence-corrected chi connectivity index (χ4v) is 3.65. The van der Waals surface area contributed by atoms with E-state index in [-0.39, 0.29) is 9.42 Å². The normalized spacial score (nSPS) is 14.1. The van der Waals surface area contributed by atoms with E-state index in [2.05, 4.69) is 0 Å². The summed E-state index contributed by atoms with van der Waals surface area (Å²) in [6.45, 7) is 0. The summed E-state index contributed by atoms with van der Waals surface area (Å²) >= 11 is 25.8. The minimum Gasteiger partial charge on any atom is -0.113 e. The highest BCUT2D eigenvalue weighted by Gasteiger charge is 2.16. The van der Waals surface area contributed by atoms with Gasteiger partial charge in [0.2, 0.25) is 0 Å². The molecule has 2 rings (SSSR count). The summed E-state index contributed by atoms with van der Waals surface area (Å²) < 4.78 is -0.453. The molecule has 0 N–H and O–H groups in total. The van der Waals surface area contributed by atoms with Gasteiger partial charge in [0.1, 0.15) is 9.42 Å². The predicted molar refractivity (Wildman–Crippen MR) is 87.7 cm³/mol. The Labute approximate surface area is 137 Å². The first kappa shape index (κ1) is 15.3. The standard InChI is InChI=1S/C14H10Cl4S/c15-11-5-1-9(2-6-11)13(17)19-14(18)10-3-7-12(16)8-4-10/h1-8,13-14H. The zero-order chi connectivity index (χ0) is 13.8. The van der Waals surface area contributed by atoms with E-state index >= 15 is 0 Å². The lowest BCUT2D eigenvalue weighted by atomic mass is 10.2. The Balaban J connectivity index is 2.03. The van der Waals surface area contributed by atoms with E-state index < -0.39 is 0 Å². The van der Waals surface area contributed by atoms with Crippen LogP contribution in [-0.2, 0) is 0 Å². The van der Waals surface area contributed by atoms with E-state index in [1.165, 1.54) is 11.8 Å². The highest BCUT2D eigenvalue weighted by molar-refractivity contribution is 8.01. The number of halogens is 4. The number of rotatable bonds is 4. The maximum atomic E-state index is 6.34. The topological polar surface area (TPSA) is 0 Å². The van der Waals surface area contributed by atoms with Crippen LogP contribution >= 0.6 is 58.2 Å². The minimum atomic E-state index is -0.226. The molecule has 2 atom stereocenters. The van der Waals surface area contributed by atoms with Crippen molar-refractivity contribution in [3.8, 4) is 0 Å². The van der Waals surface area contributed by atoms with Crippen LogP contribution in [0.15, 0.2) is 48.5 Å². The highest BCUT2D eigenvalue weighted by atomic mass is 35.5. The van der Waals surface area contributed by atoms with Crippen LogP contribution in [0.1, 0.15) is 20.5 Å². The van der Waals surface area contributed by atoms with E-state index in [4.69, 9.17) is 46.4 Å². The molecular weight excluding hydrogens is 342 g/mol. The molecule has 0 radical (unpaired) electrons. The number of thioether (sulfide) groups is 1. The molecule has 0 fully saturated rings. The molecule has 0 nitrogen and oxygen atoms in total. The van der Waals surface area contributed by atoms with E-state index in [1.807, 2.05) is 48.5 Å². The monoisotopic (exact) mass is 350 g/mol. The van der Waals surface area contributed by atoms with Crippen LogP contribution in [0.4, 0.5) is 0 Å². The lowest BCUT2D eigenvalue weighted by Crippen LogP contribution is -1.90. The van der Waals surface area contributed by atoms with Crippen LogP contribution in [-0.4, -0.2) is 0 Å². The maximum Gasteiger partial charge on any atom is 0.106 e. The van der Waals surface area contributed by atoms with E-state index in [0.29, 0.717) is 10.0 Å². The van der Waals surface area contributed by atoms with Gasteiger partial charge in [-0.25, -0.2) is 0 Å². The molecule has 2 aromatic carbocycles. The Morgan fingerprint density at radius 1 is 0.632 bits per heavy atom. The molecule has 0 bridgehead atoms. The van der Waals surface area contributed by atoms with Crippen molar-refractivity contribution in [3.05, 3.63) is 69.7 Å². The lowest BCUT2D eigenvalue weighted by molar-refractivity contribution is 1.31. The number of alkyl halides is 2. The summed E-state index contributed by atoms with van der Waals surface area (Å²) in [5, 5.41) is 1.38. The molecule has 2 aromatic rings. The molecule has 0 heterocycles. The van der Waals surface area contributed by atoms with Crippen molar-refractivity contribution < 1.29 is 0 Å². The van der Waals surface area contributed by atoms with Gasteiger partial charge in [-0.05, 0) is 35.4 Å². The van der Waals surface area contributed by atoms with Gasteiger partial charge < -0.3 is 0 Å². The SMILES string of the molecule is Clc1ccc(C(Cl)SC(Cl)c2ccc(Cl)cc2)cc1. The zero-order valence-electron chi connectivity index (χ0n) is 9.69. The van der Waals surface area contributed by atoms with Crippen molar-refractivity contribution >= 4 is 58.2 Å². The fraction of sp³-hybridized carbons (Fsp3) is 0.143. The predicted octanol–water partition coefficient (Wildman–Crippen LogP) is 6.90. The molecule has 0 amide bonds. The van der Waals surface area contributed by atoms with Crippen LogP contribution in [0, 0.1) is 0 Å². The smallest absolute Gasteiger partial charge is 0.106 e. The average Bonchev–Trinajstić information content (AvgIpc) is 2.40. The van der Waals surface area contributed by atoms with Gasteiger partial charge in [-0.2, -0.15) is 0 Å². The van der Waals surface area contributed by atoms with E-state index in [9.17, 15) is 0 Å². The van der Waals surface area contributed by atoms with Crippen LogP contribution in [0.5, 0.6) is 0 Å². The van der Waals surface area contributed by atoms with Gasteiger partial charge in [-0.1, -0.05) is 47.5 Å². The van der Waals surface area contributed by atoms with E-state index in [0.717, 1.165) is 11.1 Å². The Morgan fingerprint density at radius 2 is 0.947 bits per heavy atom. The highest BCUT2D eigenvalue weighted by Crippen LogP contribution is 2.45. The van der Waals surface area contributed by atoms with Gasteiger partial charge in [0.05, 0.1) is 0 Å². The zero-order valence-corrected chi connectivity index (χ0v) is 13.5. The molecule has 0 saturated carbocycles. The van der Waals surface area contributed by atoms with Crippen molar-refractivity contribution in [1.29, 1.82) is 0 Å². The summed E-state index contributed by atoms with van der Waals surface area (Å²) in [5.74, 6) is 0. The first-order chi connectivity index (χ1) is 9.06. The fourth-order valence-electron chi connectivity index (χ4n) is 1.49. The first-order valence-electron chi connectivity index (χ1n) is 5.51. The van der Waals surface area contributed by atoms with Crippen LogP contribution in [0.25, 0.3) is 0 Å². The van der Waals surface area contributed by atoms with Gasteiger partial charge in [0.15, 0.2) is 0 Å². The molecule has 0 aliphatic carbocycles. The Morgan fingerprint density at radius 3 is 1.26 bits per heavy atom. The molecule has 0 saturated heterocycles. The van der Waals surface area contributed by atoms with Crippen molar-refractivity contribution in [2.75, 3.05) is 0 Å². The summed E-state index contributed by atoms with van der Waals surface area (Å²) in [7, 11) is 0. The second kappa shape index (κ2) is 7.10. The molecule has 2 unspecified atom stereocenters. The Kier molecular flexibility index (Phi) is 5.73. The molecule has 0 aliphatic heterocycles. The van der Waals surface area contributed by atoms with Crippen LogP contribution in [0.3, 0.4) is 0 Å². The van der Waals surface area contributed by atoms with Crippen molar-refractivity contribution in [3.63, 3.8) is 0 Å². The molecule has 0 spiro atoms. The molecule has 0 aromatic heterocycles. The van der Waals surface area contributed by atoms with E-state index in [1.54, 1.807) is 0 Å². The molecular formula is C14H10Cl4S. The Bertz CT molecular complexity index is 475. The van der Waals surface area contributed by atoms with Crippen molar-refractivity contribution in [1.82, 2.24) is 0 Å². The second-order valence-corrected chi connectivity index (χ2v) is 7.35. The van der Waals surface area contributed by atoms with Gasteiger partial charge in [-0.3, -0.25) is 0 Å². The van der Waals surface area contributed by atoms with Gasteiger partial charge in [-0.15, -0.1) is 35.0 Å². The summed E-state index contributed by atoms with van der Waals surface area (Å²) in [4.78, 5) is 0. The maximum absolute atomic E-state index is 6.34. The number of benzene rings is 2. The van der Waals surface area contributed by atoms with Crippen molar-refractivity contribution in [2.45, 2.75) is 9.42 Å². The minimum absolute atomic E-state index is 0.226. The third-order valence-electron chi connectivity index (χ3n) is 2.50. The third kappa shape index (κ3) is 4.47. The summed E-state index contributed by atoms with van der Waals surface area (Å²) in [6, 6.07) is 14.9. The third-order valence-corrected chi connectivity index (χ3v) is 5.15. The molecule has 100 valence electrons.